The van der Waals surface area contributed by atoms with Crippen molar-refractivity contribution in [1.29, 1.82) is 0 Å². The van der Waals surface area contributed by atoms with E-state index in [0.29, 0.717) is 40.2 Å². The predicted molar refractivity (Wildman–Crippen MR) is 116 cm³/mol. The molecule has 1 heterocycles. The van der Waals surface area contributed by atoms with Gasteiger partial charge in [0, 0.05) is 17.1 Å². The first-order valence-corrected chi connectivity index (χ1v) is 10.1. The second-order valence-electron chi connectivity index (χ2n) is 7.04. The first-order chi connectivity index (χ1) is 13.8. The van der Waals surface area contributed by atoms with E-state index in [1.165, 1.54) is 4.90 Å². The van der Waals surface area contributed by atoms with Gasteiger partial charge in [-0.15, -0.1) is 0 Å². The van der Waals surface area contributed by atoms with E-state index >= 15 is 0 Å². The number of amides is 2. The number of nitrogens with one attached hydrogen (secondary N) is 1. The quantitative estimate of drug-likeness (QED) is 0.607. The Kier molecular flexibility index (Phi) is 6.50. The number of hydrogen-bond acceptors (Lipinski definition) is 4. The number of ether oxygens (including phenoxy) is 1. The fourth-order valence-corrected chi connectivity index (χ4v) is 3.65. The monoisotopic (exact) mass is 432 g/mol. The SMILES string of the molecule is CCOc1ccccc1NC1=C(c2ccc(Cl)cc2Cl)C(=O)N(CC(C)C)C1=O. The van der Waals surface area contributed by atoms with Crippen LogP contribution in [0.1, 0.15) is 26.3 Å². The third kappa shape index (κ3) is 4.41. The van der Waals surface area contributed by atoms with Crippen molar-refractivity contribution in [2.24, 2.45) is 5.92 Å². The zero-order valence-electron chi connectivity index (χ0n) is 16.5. The lowest BCUT2D eigenvalue weighted by Gasteiger charge is -2.18. The molecule has 0 fully saturated rings. The van der Waals surface area contributed by atoms with Gasteiger partial charge in [-0.2, -0.15) is 0 Å². The molecule has 0 unspecified atom stereocenters. The Bertz CT molecular complexity index is 986. The van der Waals surface area contributed by atoms with Gasteiger partial charge in [-0.05, 0) is 37.1 Å². The van der Waals surface area contributed by atoms with Crippen LogP contribution in [0, 0.1) is 5.92 Å². The van der Waals surface area contributed by atoms with E-state index in [1.54, 1.807) is 30.3 Å². The molecule has 29 heavy (non-hydrogen) atoms. The molecule has 1 aliphatic heterocycles. The standard InChI is InChI=1S/C22H22Cl2N2O3/c1-4-29-18-8-6-5-7-17(18)25-20-19(15-10-9-14(23)11-16(15)24)21(27)26(22(20)28)12-13(2)3/h5-11,13,25H,4,12H2,1-3H3. The van der Waals surface area contributed by atoms with Crippen molar-refractivity contribution in [3.05, 3.63) is 63.8 Å². The Morgan fingerprint density at radius 3 is 2.45 bits per heavy atom. The van der Waals surface area contributed by atoms with Crippen molar-refractivity contribution in [2.45, 2.75) is 20.8 Å². The minimum atomic E-state index is -0.393. The van der Waals surface area contributed by atoms with Crippen molar-refractivity contribution in [3.8, 4) is 5.75 Å². The molecular weight excluding hydrogens is 411 g/mol. The van der Waals surface area contributed by atoms with Crippen LogP contribution in [-0.2, 0) is 9.59 Å². The van der Waals surface area contributed by atoms with Gasteiger partial charge in [0.15, 0.2) is 0 Å². The zero-order chi connectivity index (χ0) is 21.1. The Labute approximate surface area is 180 Å². The highest BCUT2D eigenvalue weighted by Crippen LogP contribution is 2.37. The summed E-state index contributed by atoms with van der Waals surface area (Å²) < 4.78 is 5.64. The van der Waals surface area contributed by atoms with Crippen LogP contribution < -0.4 is 10.1 Å². The molecule has 0 spiro atoms. The molecule has 0 aliphatic carbocycles. The van der Waals surface area contributed by atoms with Gasteiger partial charge in [0.05, 0.1) is 22.9 Å². The molecule has 0 saturated heterocycles. The zero-order valence-corrected chi connectivity index (χ0v) is 18.0. The summed E-state index contributed by atoms with van der Waals surface area (Å²) in [5.41, 5.74) is 1.45. The van der Waals surface area contributed by atoms with Gasteiger partial charge in [0.25, 0.3) is 11.8 Å². The molecule has 0 atom stereocenters. The lowest BCUT2D eigenvalue weighted by Crippen LogP contribution is -2.35. The lowest BCUT2D eigenvalue weighted by atomic mass is 10.0. The maximum Gasteiger partial charge on any atom is 0.278 e. The second kappa shape index (κ2) is 8.89. The number of nitrogens with zero attached hydrogens (tertiary/aromatic N) is 1. The molecule has 2 aromatic carbocycles. The van der Waals surface area contributed by atoms with Gasteiger partial charge in [-0.1, -0.05) is 55.2 Å². The van der Waals surface area contributed by atoms with E-state index < -0.39 is 5.91 Å². The van der Waals surface area contributed by atoms with E-state index in [1.807, 2.05) is 32.9 Å². The van der Waals surface area contributed by atoms with Crippen LogP contribution in [0.15, 0.2) is 48.2 Å². The predicted octanol–water partition coefficient (Wildman–Crippen LogP) is 5.24. The summed E-state index contributed by atoms with van der Waals surface area (Å²) in [5.74, 6) is -0.0631. The minimum Gasteiger partial charge on any atom is -0.492 e. The van der Waals surface area contributed by atoms with E-state index in [-0.39, 0.29) is 23.1 Å². The number of benzene rings is 2. The summed E-state index contributed by atoms with van der Waals surface area (Å²) in [6, 6.07) is 12.1. The largest absolute Gasteiger partial charge is 0.492 e. The van der Waals surface area contributed by atoms with Crippen LogP contribution in [0.3, 0.4) is 0 Å². The highest BCUT2D eigenvalue weighted by Gasteiger charge is 2.40. The van der Waals surface area contributed by atoms with Gasteiger partial charge in [-0.25, -0.2) is 0 Å². The summed E-state index contributed by atoms with van der Waals surface area (Å²) in [6.07, 6.45) is 0. The van der Waals surface area contributed by atoms with E-state index in [2.05, 4.69) is 5.32 Å². The van der Waals surface area contributed by atoms with Crippen molar-refractivity contribution in [2.75, 3.05) is 18.5 Å². The van der Waals surface area contributed by atoms with Crippen LogP contribution in [0.5, 0.6) is 5.75 Å². The van der Waals surface area contributed by atoms with Crippen molar-refractivity contribution < 1.29 is 14.3 Å². The van der Waals surface area contributed by atoms with Crippen molar-refractivity contribution >= 4 is 46.3 Å². The maximum absolute atomic E-state index is 13.2. The molecule has 2 aromatic rings. The molecule has 0 radical (unpaired) electrons. The summed E-state index contributed by atoms with van der Waals surface area (Å²) in [5, 5.41) is 3.87. The Morgan fingerprint density at radius 2 is 1.79 bits per heavy atom. The van der Waals surface area contributed by atoms with Gasteiger partial charge >= 0.3 is 0 Å². The normalized spacial score (nSPS) is 14.2. The highest BCUT2D eigenvalue weighted by molar-refractivity contribution is 6.41. The molecule has 7 heteroatoms. The van der Waals surface area contributed by atoms with E-state index in [4.69, 9.17) is 27.9 Å². The molecule has 0 bridgehead atoms. The molecule has 3 rings (SSSR count). The molecular formula is C22H22Cl2N2O3. The fourth-order valence-electron chi connectivity index (χ4n) is 3.15. The first kappa shape index (κ1) is 21.2. The van der Waals surface area contributed by atoms with E-state index in [0.717, 1.165) is 0 Å². The minimum absolute atomic E-state index is 0.125. The number of imide groups is 1. The number of carbonyl (C=O) groups is 2. The number of anilines is 1. The Morgan fingerprint density at radius 1 is 1.07 bits per heavy atom. The smallest absolute Gasteiger partial charge is 0.278 e. The summed E-state index contributed by atoms with van der Waals surface area (Å²) >= 11 is 12.4. The summed E-state index contributed by atoms with van der Waals surface area (Å²) in [4.78, 5) is 27.6. The second-order valence-corrected chi connectivity index (χ2v) is 7.89. The average Bonchev–Trinajstić information content (AvgIpc) is 2.88. The third-order valence-corrected chi connectivity index (χ3v) is 4.91. The maximum atomic E-state index is 13.2. The van der Waals surface area contributed by atoms with Gasteiger partial charge in [0.1, 0.15) is 11.4 Å². The Balaban J connectivity index is 2.12. The number of carbonyl (C=O) groups excluding carboxylic acids is 2. The first-order valence-electron chi connectivity index (χ1n) is 9.38. The molecule has 5 nitrogen and oxygen atoms in total. The van der Waals surface area contributed by atoms with Crippen LogP contribution >= 0.6 is 23.2 Å². The van der Waals surface area contributed by atoms with Crippen LogP contribution in [0.4, 0.5) is 5.69 Å². The molecule has 1 N–H and O–H groups in total. The molecule has 2 amide bonds. The van der Waals surface area contributed by atoms with E-state index in [9.17, 15) is 9.59 Å². The lowest BCUT2D eigenvalue weighted by molar-refractivity contribution is -0.137. The highest BCUT2D eigenvalue weighted by atomic mass is 35.5. The van der Waals surface area contributed by atoms with Gasteiger partial charge < -0.3 is 10.1 Å². The number of rotatable bonds is 7. The van der Waals surface area contributed by atoms with Gasteiger partial charge in [-0.3, -0.25) is 14.5 Å². The van der Waals surface area contributed by atoms with Crippen molar-refractivity contribution in [3.63, 3.8) is 0 Å². The summed E-state index contributed by atoms with van der Waals surface area (Å²) in [7, 11) is 0. The Hall–Kier alpha value is -2.50. The van der Waals surface area contributed by atoms with Crippen LogP contribution in [0.2, 0.25) is 10.0 Å². The van der Waals surface area contributed by atoms with Crippen molar-refractivity contribution in [1.82, 2.24) is 4.90 Å². The number of halogens is 2. The average molecular weight is 433 g/mol. The number of para-hydroxylation sites is 2. The summed E-state index contributed by atoms with van der Waals surface area (Å²) in [6.45, 7) is 6.56. The van der Waals surface area contributed by atoms with Crippen LogP contribution in [0.25, 0.3) is 5.57 Å². The molecule has 0 saturated carbocycles. The molecule has 0 aromatic heterocycles. The molecule has 152 valence electrons. The van der Waals surface area contributed by atoms with Crippen LogP contribution in [-0.4, -0.2) is 29.9 Å². The molecule has 1 aliphatic rings. The van der Waals surface area contributed by atoms with Gasteiger partial charge in [0.2, 0.25) is 0 Å². The topological polar surface area (TPSA) is 58.6 Å². The third-order valence-electron chi connectivity index (χ3n) is 4.36. The number of hydrogen-bond donors (Lipinski definition) is 1. The fraction of sp³-hybridized carbons (Fsp3) is 0.273.